The van der Waals surface area contributed by atoms with E-state index in [1.807, 2.05) is 30.3 Å². The van der Waals surface area contributed by atoms with Crippen molar-refractivity contribution >= 4 is 23.1 Å². The second-order valence-electron chi connectivity index (χ2n) is 6.74. The van der Waals surface area contributed by atoms with Crippen LogP contribution in [0.1, 0.15) is 0 Å². The van der Waals surface area contributed by atoms with Gasteiger partial charge < -0.3 is 24.6 Å². The van der Waals surface area contributed by atoms with Crippen LogP contribution in [0.2, 0.25) is 0 Å². The van der Waals surface area contributed by atoms with Crippen molar-refractivity contribution < 1.29 is 9.47 Å². The van der Waals surface area contributed by atoms with Crippen LogP contribution in [0.3, 0.4) is 0 Å². The van der Waals surface area contributed by atoms with E-state index >= 15 is 0 Å². The fourth-order valence-electron chi connectivity index (χ4n) is 3.41. The number of methoxy groups -OCH3 is 2. The maximum absolute atomic E-state index is 5.46. The monoisotopic (exact) mass is 391 g/mol. The van der Waals surface area contributed by atoms with E-state index < -0.39 is 0 Å². The van der Waals surface area contributed by atoms with Gasteiger partial charge in [-0.1, -0.05) is 18.2 Å². The largest absolute Gasteiger partial charge is 0.497 e. The quantitative estimate of drug-likeness (QED) is 0.689. The molecule has 1 aromatic heterocycles. The molecule has 1 fully saturated rings. The number of aromatic nitrogens is 2. The molecule has 0 amide bonds. The Morgan fingerprint density at radius 3 is 2.34 bits per heavy atom. The molecule has 3 aromatic rings. The van der Waals surface area contributed by atoms with Gasteiger partial charge in [-0.2, -0.15) is 4.98 Å². The van der Waals surface area contributed by atoms with Gasteiger partial charge in [0.05, 0.1) is 19.9 Å². The average Bonchev–Trinajstić information content (AvgIpc) is 2.80. The van der Waals surface area contributed by atoms with Crippen molar-refractivity contribution in [3.63, 3.8) is 0 Å². The number of nitrogens with one attached hydrogen (secondary N) is 1. The summed E-state index contributed by atoms with van der Waals surface area (Å²) in [6.45, 7) is 3.64. The lowest BCUT2D eigenvalue weighted by Gasteiger charge is -2.36. The molecule has 1 aliphatic heterocycles. The first kappa shape index (κ1) is 18.9. The van der Waals surface area contributed by atoms with Gasteiger partial charge >= 0.3 is 0 Å². The minimum atomic E-state index is 0.695. The summed E-state index contributed by atoms with van der Waals surface area (Å²) in [4.78, 5) is 13.8. The van der Waals surface area contributed by atoms with Crippen LogP contribution >= 0.6 is 0 Å². The number of ether oxygens (including phenoxy) is 2. The van der Waals surface area contributed by atoms with Crippen LogP contribution in [0.4, 0.5) is 23.1 Å². The zero-order chi connectivity index (χ0) is 20.1. The van der Waals surface area contributed by atoms with Gasteiger partial charge in [-0.3, -0.25) is 0 Å². The highest BCUT2D eigenvalue weighted by atomic mass is 16.5. The summed E-state index contributed by atoms with van der Waals surface area (Å²) in [6, 6.07) is 18.0. The molecule has 1 saturated heterocycles. The summed E-state index contributed by atoms with van der Waals surface area (Å²) in [5.74, 6) is 2.90. The Morgan fingerprint density at radius 2 is 1.62 bits per heavy atom. The van der Waals surface area contributed by atoms with Gasteiger partial charge in [-0.15, -0.1) is 0 Å². The number of piperazine rings is 1. The van der Waals surface area contributed by atoms with Crippen molar-refractivity contribution in [3.8, 4) is 11.5 Å². The molecule has 0 saturated carbocycles. The highest BCUT2D eigenvalue weighted by molar-refractivity contribution is 5.66. The molecule has 0 atom stereocenters. The first-order valence-corrected chi connectivity index (χ1v) is 9.64. The van der Waals surface area contributed by atoms with E-state index in [1.165, 1.54) is 5.69 Å². The van der Waals surface area contributed by atoms with Crippen LogP contribution < -0.4 is 24.6 Å². The normalized spacial score (nSPS) is 13.9. The van der Waals surface area contributed by atoms with Crippen molar-refractivity contribution in [1.82, 2.24) is 9.97 Å². The van der Waals surface area contributed by atoms with Gasteiger partial charge in [-0.05, 0) is 30.3 Å². The maximum Gasteiger partial charge on any atom is 0.227 e. The molecule has 150 valence electrons. The lowest BCUT2D eigenvalue weighted by Crippen LogP contribution is -2.47. The van der Waals surface area contributed by atoms with Crippen molar-refractivity contribution in [2.75, 3.05) is 55.5 Å². The first-order chi connectivity index (χ1) is 14.3. The molecule has 2 heterocycles. The summed E-state index contributed by atoms with van der Waals surface area (Å²) in [6.07, 6.45) is 1.78. The number of benzene rings is 2. The van der Waals surface area contributed by atoms with Crippen LogP contribution in [-0.4, -0.2) is 50.4 Å². The molecular weight excluding hydrogens is 366 g/mol. The smallest absolute Gasteiger partial charge is 0.227 e. The van der Waals surface area contributed by atoms with E-state index in [2.05, 4.69) is 44.4 Å². The molecule has 4 rings (SSSR count). The SMILES string of the molecule is COc1ccc(Nc2ccnc(N3CCN(c4ccccc4)CC3)n2)c(OC)c1. The van der Waals surface area contributed by atoms with Crippen LogP contribution in [0, 0.1) is 0 Å². The van der Waals surface area contributed by atoms with E-state index in [0.29, 0.717) is 5.75 Å². The van der Waals surface area contributed by atoms with Crippen molar-refractivity contribution in [2.24, 2.45) is 0 Å². The van der Waals surface area contributed by atoms with Crippen molar-refractivity contribution in [2.45, 2.75) is 0 Å². The summed E-state index contributed by atoms with van der Waals surface area (Å²) < 4.78 is 10.7. The first-order valence-electron chi connectivity index (χ1n) is 9.64. The van der Waals surface area contributed by atoms with Gasteiger partial charge in [0.15, 0.2) is 0 Å². The predicted octanol–water partition coefficient (Wildman–Crippen LogP) is 3.56. The molecule has 0 spiro atoms. The zero-order valence-corrected chi connectivity index (χ0v) is 16.7. The maximum atomic E-state index is 5.46. The standard InChI is InChI=1S/C22H25N5O2/c1-28-18-8-9-19(20(16-18)29-2)24-21-10-11-23-22(25-21)27-14-12-26(13-15-27)17-6-4-3-5-7-17/h3-11,16H,12-15H2,1-2H3,(H,23,24,25). The fraction of sp³-hybridized carbons (Fsp3) is 0.273. The van der Waals surface area contributed by atoms with Crippen LogP contribution in [0.25, 0.3) is 0 Å². The fourth-order valence-corrected chi connectivity index (χ4v) is 3.41. The summed E-state index contributed by atoms with van der Waals surface area (Å²) in [5, 5.41) is 3.32. The summed E-state index contributed by atoms with van der Waals surface area (Å²) in [7, 11) is 3.27. The predicted molar refractivity (Wildman–Crippen MR) is 116 cm³/mol. The molecule has 1 N–H and O–H groups in total. The molecule has 7 heteroatoms. The number of hydrogen-bond donors (Lipinski definition) is 1. The Bertz CT molecular complexity index is 943. The minimum Gasteiger partial charge on any atom is -0.497 e. The Morgan fingerprint density at radius 1 is 0.862 bits per heavy atom. The zero-order valence-electron chi connectivity index (χ0n) is 16.7. The third-order valence-electron chi connectivity index (χ3n) is 5.00. The molecule has 0 radical (unpaired) electrons. The lowest BCUT2D eigenvalue weighted by molar-refractivity contribution is 0.395. The third-order valence-corrected chi connectivity index (χ3v) is 5.00. The van der Waals surface area contributed by atoms with E-state index in [4.69, 9.17) is 14.5 Å². The second-order valence-corrected chi connectivity index (χ2v) is 6.74. The number of rotatable bonds is 6. The van der Waals surface area contributed by atoms with Crippen molar-refractivity contribution in [3.05, 3.63) is 60.8 Å². The van der Waals surface area contributed by atoms with Gasteiger partial charge in [0.2, 0.25) is 5.95 Å². The molecule has 29 heavy (non-hydrogen) atoms. The Balaban J connectivity index is 1.44. The lowest BCUT2D eigenvalue weighted by atomic mass is 10.2. The minimum absolute atomic E-state index is 0.695. The average molecular weight is 391 g/mol. The summed E-state index contributed by atoms with van der Waals surface area (Å²) in [5.41, 5.74) is 2.09. The van der Waals surface area contributed by atoms with Crippen molar-refractivity contribution in [1.29, 1.82) is 0 Å². The van der Waals surface area contributed by atoms with Crippen LogP contribution in [0.5, 0.6) is 11.5 Å². The van der Waals surface area contributed by atoms with Crippen LogP contribution in [0.15, 0.2) is 60.8 Å². The molecule has 7 nitrogen and oxygen atoms in total. The molecule has 0 bridgehead atoms. The number of hydrogen-bond acceptors (Lipinski definition) is 7. The Hall–Kier alpha value is -3.48. The molecule has 0 unspecified atom stereocenters. The number of anilines is 4. The van der Waals surface area contributed by atoms with E-state index in [9.17, 15) is 0 Å². The van der Waals surface area contributed by atoms with Gasteiger partial charge in [0.1, 0.15) is 17.3 Å². The van der Waals surface area contributed by atoms with E-state index in [0.717, 1.165) is 49.4 Å². The van der Waals surface area contributed by atoms with Gasteiger partial charge in [0.25, 0.3) is 0 Å². The number of nitrogens with zero attached hydrogens (tertiary/aromatic N) is 4. The molecular formula is C22H25N5O2. The topological polar surface area (TPSA) is 62.8 Å². The molecule has 2 aromatic carbocycles. The highest BCUT2D eigenvalue weighted by Crippen LogP contribution is 2.31. The third kappa shape index (κ3) is 4.34. The van der Waals surface area contributed by atoms with E-state index in [-0.39, 0.29) is 0 Å². The van der Waals surface area contributed by atoms with Crippen LogP contribution in [-0.2, 0) is 0 Å². The summed E-state index contributed by atoms with van der Waals surface area (Å²) >= 11 is 0. The van der Waals surface area contributed by atoms with Gasteiger partial charge in [-0.25, -0.2) is 4.98 Å². The number of para-hydroxylation sites is 1. The molecule has 0 aliphatic carbocycles. The highest BCUT2D eigenvalue weighted by Gasteiger charge is 2.19. The molecule has 1 aliphatic rings. The second kappa shape index (κ2) is 8.68. The Labute approximate surface area is 170 Å². The van der Waals surface area contributed by atoms with Gasteiger partial charge in [0, 0.05) is 44.1 Å². The Kier molecular flexibility index (Phi) is 5.65. The van der Waals surface area contributed by atoms with E-state index in [1.54, 1.807) is 20.4 Å².